The van der Waals surface area contributed by atoms with Crippen LogP contribution in [0.3, 0.4) is 0 Å². The Hall–Kier alpha value is -4.49. The van der Waals surface area contributed by atoms with Crippen molar-refractivity contribution >= 4 is 11.5 Å². The highest BCUT2D eigenvalue weighted by atomic mass is 16.5. The fourth-order valence-electron chi connectivity index (χ4n) is 3.92. The van der Waals surface area contributed by atoms with Crippen molar-refractivity contribution in [2.24, 2.45) is 5.73 Å². The molecule has 2 heterocycles. The Morgan fingerprint density at radius 2 is 1.76 bits per heavy atom. The lowest BCUT2D eigenvalue weighted by Gasteiger charge is -2.25. The quantitative estimate of drug-likeness (QED) is 0.565. The molecule has 4 rings (SSSR count). The molecule has 174 valence electrons. The number of hydrogen-bond donors (Lipinski definition) is 2. The summed E-state index contributed by atoms with van der Waals surface area (Å²) in [6, 6.07) is 11.8. The van der Waals surface area contributed by atoms with Gasteiger partial charge in [0.15, 0.2) is 17.7 Å². The molecule has 1 atom stereocenters. The van der Waals surface area contributed by atoms with Crippen LogP contribution in [0.4, 0.5) is 0 Å². The third-order valence-electron chi connectivity index (χ3n) is 5.49. The maximum atomic E-state index is 11.2. The maximum absolute atomic E-state index is 11.2. The minimum absolute atomic E-state index is 0.142. The number of carbonyl (C=O) groups is 1. The number of nitrogens with zero attached hydrogens (tertiary/aromatic N) is 3. The number of aromatic carboxylic acids is 1. The van der Waals surface area contributed by atoms with Crippen LogP contribution in [0.5, 0.6) is 23.1 Å². The SMILES string of the molecule is COc1cc(C2=C(C#N)C(N)Oc3c2c(C)nn3-c2ccc(C(=O)O)cc2)cc(OC)c1OC. The number of carboxylic acids is 1. The first kappa shape index (κ1) is 22.7. The van der Waals surface area contributed by atoms with Crippen LogP contribution in [0, 0.1) is 18.3 Å². The molecule has 0 saturated heterocycles. The average Bonchev–Trinajstić information content (AvgIpc) is 3.17. The highest BCUT2D eigenvalue weighted by Crippen LogP contribution is 2.46. The first-order valence-electron chi connectivity index (χ1n) is 10.1. The number of aromatic nitrogens is 2. The molecule has 3 aromatic rings. The average molecular weight is 462 g/mol. The molecule has 0 saturated carbocycles. The smallest absolute Gasteiger partial charge is 0.335 e. The van der Waals surface area contributed by atoms with Crippen molar-refractivity contribution in [3.63, 3.8) is 0 Å². The molecule has 0 amide bonds. The minimum Gasteiger partial charge on any atom is -0.493 e. The standard InChI is InChI=1S/C24H22N4O6/c1-12-19-20(14-9-17(31-2)21(33-4)18(10-14)32-3)16(11-25)22(26)34-23(19)28(27-12)15-7-5-13(6-8-15)24(29)30/h5-10,22H,26H2,1-4H3,(H,29,30). The number of ether oxygens (including phenoxy) is 4. The lowest BCUT2D eigenvalue weighted by atomic mass is 9.90. The van der Waals surface area contributed by atoms with Gasteiger partial charge in [-0.05, 0) is 48.9 Å². The molecule has 1 aliphatic heterocycles. The fraction of sp³-hybridized carbons (Fsp3) is 0.208. The topological polar surface area (TPSA) is 142 Å². The minimum atomic E-state index is -1.06. The van der Waals surface area contributed by atoms with Crippen LogP contribution >= 0.6 is 0 Å². The van der Waals surface area contributed by atoms with Crippen molar-refractivity contribution < 1.29 is 28.8 Å². The van der Waals surface area contributed by atoms with E-state index in [4.69, 9.17) is 24.7 Å². The van der Waals surface area contributed by atoms with Crippen LogP contribution in [0.2, 0.25) is 0 Å². The number of rotatable bonds is 6. The van der Waals surface area contributed by atoms with Crippen LogP contribution in [0.15, 0.2) is 42.0 Å². The summed E-state index contributed by atoms with van der Waals surface area (Å²) in [7, 11) is 4.52. The summed E-state index contributed by atoms with van der Waals surface area (Å²) in [5.41, 5.74) is 9.47. The Balaban J connectivity index is 1.96. The largest absolute Gasteiger partial charge is 0.493 e. The Labute approximate surface area is 195 Å². The fourth-order valence-corrected chi connectivity index (χ4v) is 3.92. The van der Waals surface area contributed by atoms with Gasteiger partial charge in [0.1, 0.15) is 6.07 Å². The summed E-state index contributed by atoms with van der Waals surface area (Å²) in [5.74, 6) is 0.538. The monoisotopic (exact) mass is 462 g/mol. The van der Waals surface area contributed by atoms with Crippen molar-refractivity contribution in [2.45, 2.75) is 13.2 Å². The molecular weight excluding hydrogens is 440 g/mol. The first-order chi connectivity index (χ1) is 16.3. The zero-order valence-corrected chi connectivity index (χ0v) is 18.9. The zero-order valence-electron chi connectivity index (χ0n) is 18.9. The van der Waals surface area contributed by atoms with Gasteiger partial charge in [0.2, 0.25) is 11.6 Å². The Bertz CT molecular complexity index is 1330. The normalized spacial score (nSPS) is 14.6. The first-order valence-corrected chi connectivity index (χ1v) is 10.1. The predicted octanol–water partition coefficient (Wildman–Crippen LogP) is 2.91. The van der Waals surface area contributed by atoms with E-state index in [-0.39, 0.29) is 11.1 Å². The molecule has 34 heavy (non-hydrogen) atoms. The van der Waals surface area contributed by atoms with Gasteiger partial charge in [-0.1, -0.05) is 0 Å². The molecule has 3 N–H and O–H groups in total. The lowest BCUT2D eigenvalue weighted by Crippen LogP contribution is -2.33. The number of fused-ring (bicyclic) bond motifs is 1. The van der Waals surface area contributed by atoms with Crippen LogP contribution in [-0.4, -0.2) is 48.4 Å². The molecule has 10 heteroatoms. The summed E-state index contributed by atoms with van der Waals surface area (Å²) in [4.78, 5) is 11.2. The third-order valence-corrected chi connectivity index (χ3v) is 5.49. The van der Waals surface area contributed by atoms with Gasteiger partial charge in [-0.15, -0.1) is 0 Å². The summed E-state index contributed by atoms with van der Waals surface area (Å²) < 4.78 is 23.8. The van der Waals surface area contributed by atoms with E-state index in [1.54, 1.807) is 31.2 Å². The maximum Gasteiger partial charge on any atom is 0.335 e. The van der Waals surface area contributed by atoms with Gasteiger partial charge < -0.3 is 24.1 Å². The van der Waals surface area contributed by atoms with Crippen LogP contribution in [0.1, 0.15) is 27.2 Å². The van der Waals surface area contributed by atoms with Crippen molar-refractivity contribution in [2.75, 3.05) is 21.3 Å². The summed E-state index contributed by atoms with van der Waals surface area (Å²) >= 11 is 0. The summed E-state index contributed by atoms with van der Waals surface area (Å²) in [5, 5.41) is 23.7. The second-order valence-electron chi connectivity index (χ2n) is 7.38. The molecule has 1 aliphatic rings. The van der Waals surface area contributed by atoms with E-state index < -0.39 is 12.2 Å². The van der Waals surface area contributed by atoms with Gasteiger partial charge in [0, 0.05) is 5.57 Å². The number of methoxy groups -OCH3 is 3. The molecular formula is C24H22N4O6. The van der Waals surface area contributed by atoms with E-state index in [1.807, 2.05) is 0 Å². The number of hydrogen-bond acceptors (Lipinski definition) is 8. The van der Waals surface area contributed by atoms with E-state index >= 15 is 0 Å². The van der Waals surface area contributed by atoms with Gasteiger partial charge in [0.25, 0.3) is 0 Å². The van der Waals surface area contributed by atoms with Gasteiger partial charge in [-0.2, -0.15) is 10.4 Å². The summed E-state index contributed by atoms with van der Waals surface area (Å²) in [6.07, 6.45) is -1.06. The Kier molecular flexibility index (Phi) is 5.88. The molecule has 0 radical (unpaired) electrons. The van der Waals surface area contributed by atoms with Crippen LogP contribution in [-0.2, 0) is 0 Å². The highest BCUT2D eigenvalue weighted by molar-refractivity contribution is 5.91. The molecule has 10 nitrogen and oxygen atoms in total. The van der Waals surface area contributed by atoms with Gasteiger partial charge in [-0.25, -0.2) is 9.48 Å². The Morgan fingerprint density at radius 3 is 2.26 bits per heavy atom. The van der Waals surface area contributed by atoms with E-state index in [0.717, 1.165) is 0 Å². The van der Waals surface area contributed by atoms with Crippen LogP contribution < -0.4 is 24.7 Å². The van der Waals surface area contributed by atoms with Crippen molar-refractivity contribution in [3.05, 3.63) is 64.4 Å². The van der Waals surface area contributed by atoms with Gasteiger partial charge in [-0.3, -0.25) is 5.73 Å². The third kappa shape index (κ3) is 3.58. The molecule has 0 fully saturated rings. The highest BCUT2D eigenvalue weighted by Gasteiger charge is 2.34. The van der Waals surface area contributed by atoms with E-state index in [2.05, 4.69) is 11.2 Å². The van der Waals surface area contributed by atoms with Gasteiger partial charge >= 0.3 is 5.97 Å². The molecule has 0 spiro atoms. The summed E-state index contributed by atoms with van der Waals surface area (Å²) in [6.45, 7) is 1.79. The number of nitrogens with two attached hydrogens (primary N) is 1. The number of aryl methyl sites for hydroxylation is 1. The Morgan fingerprint density at radius 1 is 1.15 bits per heavy atom. The van der Waals surface area contributed by atoms with E-state index in [9.17, 15) is 15.2 Å². The van der Waals surface area contributed by atoms with Gasteiger partial charge in [0.05, 0.1) is 49.4 Å². The van der Waals surface area contributed by atoms with E-state index in [0.29, 0.717) is 51.2 Å². The molecule has 1 aromatic heterocycles. The molecule has 0 bridgehead atoms. The zero-order chi connectivity index (χ0) is 24.6. The molecule has 2 aromatic carbocycles. The molecule has 1 unspecified atom stereocenters. The number of carboxylic acid groups (broad SMARTS) is 1. The second-order valence-corrected chi connectivity index (χ2v) is 7.38. The van der Waals surface area contributed by atoms with Crippen molar-refractivity contribution in [1.29, 1.82) is 5.26 Å². The van der Waals surface area contributed by atoms with Crippen molar-refractivity contribution in [1.82, 2.24) is 9.78 Å². The second kappa shape index (κ2) is 8.80. The van der Waals surface area contributed by atoms with E-state index in [1.165, 1.54) is 38.1 Å². The number of benzene rings is 2. The lowest BCUT2D eigenvalue weighted by molar-refractivity contribution is 0.0697. The predicted molar refractivity (Wildman–Crippen MR) is 122 cm³/mol. The van der Waals surface area contributed by atoms with Crippen LogP contribution in [0.25, 0.3) is 11.3 Å². The number of nitriles is 1. The van der Waals surface area contributed by atoms with Crippen molar-refractivity contribution in [3.8, 4) is 34.9 Å². The molecule has 0 aliphatic carbocycles.